The second-order valence-electron chi connectivity index (χ2n) is 17.8. The van der Waals surface area contributed by atoms with Crippen molar-refractivity contribution in [2.24, 2.45) is 22.7 Å². The third-order valence-electron chi connectivity index (χ3n) is 13.5. The topological polar surface area (TPSA) is 205 Å². The van der Waals surface area contributed by atoms with E-state index in [0.717, 1.165) is 53.9 Å². The number of epoxide rings is 1. The molecule has 1 spiro atoms. The Morgan fingerprint density at radius 3 is 2.69 bits per heavy atom. The smallest absolute Gasteiger partial charge is 0.341 e. The minimum atomic E-state index is -1.12. The van der Waals surface area contributed by atoms with Gasteiger partial charge in [-0.15, -0.1) is 0 Å². The van der Waals surface area contributed by atoms with Crippen molar-refractivity contribution in [3.05, 3.63) is 93.3 Å². The number of esters is 1. The van der Waals surface area contributed by atoms with Crippen molar-refractivity contribution < 1.29 is 33.4 Å². The number of aromatic nitrogens is 2. The molecule has 3 saturated heterocycles. The first-order chi connectivity index (χ1) is 28.3. The van der Waals surface area contributed by atoms with Crippen molar-refractivity contribution in [3.8, 4) is 22.8 Å². The summed E-state index contributed by atoms with van der Waals surface area (Å²) in [5, 5.41) is 15.4. The van der Waals surface area contributed by atoms with E-state index in [9.17, 15) is 14.7 Å². The summed E-state index contributed by atoms with van der Waals surface area (Å²) in [6.45, 7) is 7.69. The Bertz CT molecular complexity index is 2580. The van der Waals surface area contributed by atoms with Crippen LogP contribution in [-0.4, -0.2) is 70.3 Å². The lowest BCUT2D eigenvalue weighted by molar-refractivity contribution is -0.848. The second-order valence-corrected chi connectivity index (χ2v) is 17.8. The number of phenols is 1. The molecule has 0 radical (unpaired) electrons. The van der Waals surface area contributed by atoms with Gasteiger partial charge in [-0.3, -0.25) is 14.7 Å². The number of aliphatic imine (C=N–C) groups is 1. The molecule has 1 saturated carbocycles. The molecule has 8 atom stereocenters. The van der Waals surface area contributed by atoms with Gasteiger partial charge in [-0.05, 0) is 114 Å². The zero-order chi connectivity index (χ0) is 41.0. The minimum absolute atomic E-state index is 0.0209. The highest BCUT2D eigenvalue weighted by Gasteiger charge is 2.70. The summed E-state index contributed by atoms with van der Waals surface area (Å²) < 4.78 is 25.7. The number of nitrogens with two attached hydrogens (primary N) is 2. The third kappa shape index (κ3) is 6.30. The standard InChI is InChI=1S/C45H49N7O7/c1-22-11-32(53)39-33(56-22)17-34-40(41(39)54)38-29-7-6-27(14-26(29)18-48-4)45(43(55)57-42(38)44(2,3)58-34)35(59-45)8-5-23-12-30(51-36(46)13-23)25-15-28(50-37(47)16-25)20-52-19-24-9-10-49-31(24)21-52/h9-13,15-17,19,26-27,29,35,38,42,48,54H,5-8,14,18,20-21H2,1-4H3,(H2,46,51)(H2,47,50)/p+1/t26-,27-,29-,35+,38+,42+,45+/m0/s1. The SMILES string of the molecule is CNC[C@@H]1C[C@@H]2CC[C@@H]1[C@@H]1c3c(cc4oc(C)cc(=O)c4c3O)OC(C)(C)[C@@H]1OC(=O)[C@@]21O[C@@H]1CCc1cc(N)nc(-c2cc(N)nc(C[NH+]3C=C4C=CN=C4C3)c2)c1. The first-order valence-electron chi connectivity index (χ1n) is 20.7. The van der Waals surface area contributed by atoms with Gasteiger partial charge in [-0.25, -0.2) is 14.8 Å². The van der Waals surface area contributed by atoms with Crippen molar-refractivity contribution in [2.45, 2.75) is 88.7 Å². The van der Waals surface area contributed by atoms with Gasteiger partial charge < -0.3 is 40.5 Å². The van der Waals surface area contributed by atoms with E-state index in [2.05, 4.69) is 26.5 Å². The molecule has 9 heterocycles. The zero-order valence-electron chi connectivity index (χ0n) is 33.7. The van der Waals surface area contributed by atoms with E-state index < -0.39 is 29.2 Å². The molecule has 11 rings (SSSR count). The highest BCUT2D eigenvalue weighted by molar-refractivity contribution is 6.06. The van der Waals surface area contributed by atoms with Gasteiger partial charge in [0.05, 0.1) is 23.1 Å². The van der Waals surface area contributed by atoms with Crippen LogP contribution < -0.4 is 31.8 Å². The summed E-state index contributed by atoms with van der Waals surface area (Å²) in [4.78, 5) is 43.0. The molecule has 2 bridgehead atoms. The summed E-state index contributed by atoms with van der Waals surface area (Å²) in [6.07, 6.45) is 8.35. The zero-order valence-corrected chi connectivity index (χ0v) is 33.7. The molecule has 14 nitrogen and oxygen atoms in total. The Balaban J connectivity index is 0.929. The summed E-state index contributed by atoms with van der Waals surface area (Å²) in [6, 6.07) is 10.8. The predicted octanol–water partition coefficient (Wildman–Crippen LogP) is 3.88. The lowest BCUT2D eigenvalue weighted by Crippen LogP contribution is -3.05. The number of pyridine rings is 2. The van der Waals surface area contributed by atoms with Crippen LogP contribution in [0.3, 0.4) is 0 Å². The lowest BCUT2D eigenvalue weighted by atomic mass is 9.61. The van der Waals surface area contributed by atoms with E-state index in [-0.39, 0.29) is 46.0 Å². The molecule has 4 fully saturated rings. The molecule has 0 amide bonds. The summed E-state index contributed by atoms with van der Waals surface area (Å²) in [7, 11) is 1.94. The van der Waals surface area contributed by atoms with E-state index in [4.69, 9.17) is 30.1 Å². The maximum Gasteiger partial charge on any atom is 0.341 e. The highest BCUT2D eigenvalue weighted by atomic mass is 16.7. The van der Waals surface area contributed by atoms with Crippen LogP contribution in [0.2, 0.25) is 0 Å². The number of aryl methyl sites for hydroxylation is 2. The summed E-state index contributed by atoms with van der Waals surface area (Å²) in [5.74, 6) is 0.748. The molecule has 6 aliphatic heterocycles. The summed E-state index contributed by atoms with van der Waals surface area (Å²) >= 11 is 0. The number of ether oxygens (including phenoxy) is 3. The molecule has 1 unspecified atom stereocenters. The fourth-order valence-electron chi connectivity index (χ4n) is 11.0. The van der Waals surface area contributed by atoms with Gasteiger partial charge in [0.2, 0.25) is 0 Å². The van der Waals surface area contributed by atoms with Crippen LogP contribution in [0, 0.1) is 24.7 Å². The van der Waals surface area contributed by atoms with Gasteiger partial charge in [0.15, 0.2) is 11.0 Å². The minimum Gasteiger partial charge on any atom is -0.507 e. The molecule has 7 N–H and O–H groups in total. The van der Waals surface area contributed by atoms with Gasteiger partial charge in [0.25, 0.3) is 0 Å². The fourth-order valence-corrected chi connectivity index (χ4v) is 11.0. The lowest BCUT2D eigenvalue weighted by Gasteiger charge is -2.48. The number of hydrogen-bond donors (Lipinski definition) is 5. The molecule has 3 aromatic heterocycles. The number of nitrogens with one attached hydrogen (secondary N) is 2. The number of rotatable bonds is 8. The van der Waals surface area contributed by atoms with E-state index in [1.807, 2.05) is 57.4 Å². The number of carbonyl (C=O) groups is 1. The largest absolute Gasteiger partial charge is 0.507 e. The molecule has 7 aliphatic rings. The number of anilines is 2. The number of fused-ring (bicyclic) bond motifs is 6. The number of quaternary nitrogens is 1. The normalized spacial score (nSPS) is 29.8. The van der Waals surface area contributed by atoms with Crippen LogP contribution in [0.15, 0.2) is 74.7 Å². The average molecular weight is 801 g/mol. The monoisotopic (exact) mass is 800 g/mol. The second kappa shape index (κ2) is 13.7. The van der Waals surface area contributed by atoms with Crippen molar-refractivity contribution in [1.82, 2.24) is 15.3 Å². The molecule has 1 aliphatic carbocycles. The molecule has 1 aromatic carbocycles. The molecular formula is C45H50N7O7+. The Labute approximate surface area is 341 Å². The Morgan fingerprint density at radius 2 is 1.88 bits per heavy atom. The first-order valence-corrected chi connectivity index (χ1v) is 20.7. The number of phenolic OH excluding ortho intramolecular Hbond substituents is 1. The first kappa shape index (κ1) is 37.7. The van der Waals surface area contributed by atoms with Gasteiger partial charge in [0.1, 0.15) is 76.6 Å². The third-order valence-corrected chi connectivity index (χ3v) is 13.5. The van der Waals surface area contributed by atoms with Gasteiger partial charge in [-0.1, -0.05) is 0 Å². The van der Waals surface area contributed by atoms with E-state index >= 15 is 0 Å². The number of carbonyl (C=O) groups excluding carboxylic acids is 1. The van der Waals surface area contributed by atoms with Crippen LogP contribution >= 0.6 is 0 Å². The maximum atomic E-state index is 14.8. The van der Waals surface area contributed by atoms with E-state index in [1.165, 1.54) is 11.0 Å². The molecule has 306 valence electrons. The van der Waals surface area contributed by atoms with Crippen LogP contribution in [0.1, 0.15) is 68.0 Å². The Hall–Kier alpha value is -5.57. The predicted molar refractivity (Wildman–Crippen MR) is 221 cm³/mol. The maximum absolute atomic E-state index is 14.8. The molecular weight excluding hydrogens is 751 g/mol. The fraction of sp³-hybridized carbons (Fsp3) is 0.444. The number of nitrogen functional groups attached to an aromatic ring is 2. The highest BCUT2D eigenvalue weighted by Crippen LogP contribution is 2.61. The quantitative estimate of drug-likeness (QED) is 0.127. The Morgan fingerprint density at radius 1 is 1.05 bits per heavy atom. The van der Waals surface area contributed by atoms with Gasteiger partial charge >= 0.3 is 5.97 Å². The number of benzene rings is 1. The van der Waals surface area contributed by atoms with Crippen LogP contribution in [0.25, 0.3) is 22.2 Å². The van der Waals surface area contributed by atoms with E-state index in [1.54, 1.807) is 13.0 Å². The number of hydrogen-bond acceptors (Lipinski definition) is 13. The van der Waals surface area contributed by atoms with E-state index in [0.29, 0.717) is 60.3 Å². The molecule has 14 heteroatoms. The van der Waals surface area contributed by atoms with Gasteiger partial charge in [0, 0.05) is 41.3 Å². The van der Waals surface area contributed by atoms with Crippen LogP contribution in [-0.2, 0) is 27.2 Å². The Kier molecular flexibility index (Phi) is 8.78. The van der Waals surface area contributed by atoms with Crippen molar-refractivity contribution >= 4 is 34.3 Å². The van der Waals surface area contributed by atoms with Crippen molar-refractivity contribution in [3.63, 3.8) is 0 Å². The van der Waals surface area contributed by atoms with Crippen LogP contribution in [0.5, 0.6) is 11.5 Å². The molecule has 59 heavy (non-hydrogen) atoms. The average Bonchev–Trinajstić information content (AvgIpc) is 3.52. The van der Waals surface area contributed by atoms with Gasteiger partial charge in [-0.2, -0.15) is 0 Å². The van der Waals surface area contributed by atoms with Crippen LogP contribution in [0.4, 0.5) is 11.6 Å². The van der Waals surface area contributed by atoms with Crippen molar-refractivity contribution in [1.29, 1.82) is 0 Å². The number of aromatic hydroxyl groups is 1. The number of allylic oxidation sites excluding steroid dienone is 1. The molecule has 4 aromatic rings. The summed E-state index contributed by atoms with van der Waals surface area (Å²) in [5.41, 5.74) is 16.7. The number of nitrogens with zero attached hydrogens (tertiary/aromatic N) is 3. The van der Waals surface area contributed by atoms with Crippen molar-refractivity contribution in [2.75, 3.05) is 31.6 Å².